The van der Waals surface area contributed by atoms with Crippen LogP contribution in [-0.4, -0.2) is 8.42 Å². The van der Waals surface area contributed by atoms with E-state index in [1.54, 1.807) is 18.2 Å². The van der Waals surface area contributed by atoms with Crippen molar-refractivity contribution in [3.8, 4) is 6.07 Å². The van der Waals surface area contributed by atoms with Crippen LogP contribution in [0.2, 0.25) is 0 Å². The second-order valence-electron chi connectivity index (χ2n) is 5.82. The standard InChI is InChI=1S/C18H14F2N2O2S/c19-16-8-13(9-17(20)18(16)25(22,23)24)15-6-2-5-14(15)12-4-1-3-11(7-12)10-21/h1,3-4,7-9H,2,5-6H2,(H2,22,23,24). The first-order chi connectivity index (χ1) is 11.8. The van der Waals surface area contributed by atoms with Crippen LogP contribution in [0.3, 0.4) is 0 Å². The molecular weight excluding hydrogens is 346 g/mol. The van der Waals surface area contributed by atoms with Crippen molar-refractivity contribution in [1.82, 2.24) is 0 Å². The highest BCUT2D eigenvalue weighted by Gasteiger charge is 2.24. The molecule has 0 aliphatic heterocycles. The fourth-order valence-corrected chi connectivity index (χ4v) is 3.82. The summed E-state index contributed by atoms with van der Waals surface area (Å²) >= 11 is 0. The minimum atomic E-state index is -4.48. The lowest BCUT2D eigenvalue weighted by molar-refractivity contribution is 0.519. The van der Waals surface area contributed by atoms with Crippen molar-refractivity contribution in [2.45, 2.75) is 24.2 Å². The summed E-state index contributed by atoms with van der Waals surface area (Å²) in [6.45, 7) is 0. The van der Waals surface area contributed by atoms with Crippen LogP contribution in [0, 0.1) is 23.0 Å². The first-order valence-electron chi connectivity index (χ1n) is 7.56. The molecular formula is C18H14F2N2O2S. The van der Waals surface area contributed by atoms with E-state index in [9.17, 15) is 17.2 Å². The molecule has 0 amide bonds. The molecule has 0 heterocycles. The summed E-state index contributed by atoms with van der Waals surface area (Å²) in [5.74, 6) is -2.41. The number of sulfonamides is 1. The molecule has 0 atom stereocenters. The molecule has 0 radical (unpaired) electrons. The minimum Gasteiger partial charge on any atom is -0.224 e. The molecule has 128 valence electrons. The van der Waals surface area contributed by atoms with Gasteiger partial charge >= 0.3 is 0 Å². The van der Waals surface area contributed by atoms with Gasteiger partial charge in [-0.2, -0.15) is 5.26 Å². The molecule has 2 aromatic carbocycles. The normalized spacial score (nSPS) is 14.6. The Morgan fingerprint density at radius 1 is 1.00 bits per heavy atom. The number of hydrogen-bond acceptors (Lipinski definition) is 3. The van der Waals surface area contributed by atoms with Gasteiger partial charge in [0.05, 0.1) is 11.6 Å². The molecule has 0 saturated heterocycles. The Kier molecular flexibility index (Phi) is 4.41. The predicted octanol–water partition coefficient (Wildman–Crippen LogP) is 3.58. The first kappa shape index (κ1) is 17.3. The highest BCUT2D eigenvalue weighted by Crippen LogP contribution is 2.40. The fraction of sp³-hybridized carbons (Fsp3) is 0.167. The molecule has 0 aromatic heterocycles. The van der Waals surface area contributed by atoms with E-state index >= 15 is 0 Å². The Hall–Kier alpha value is -2.56. The van der Waals surface area contributed by atoms with Gasteiger partial charge in [-0.25, -0.2) is 22.3 Å². The lowest BCUT2D eigenvalue weighted by atomic mass is 9.96. The summed E-state index contributed by atoms with van der Waals surface area (Å²) < 4.78 is 50.9. The third-order valence-corrected chi connectivity index (χ3v) is 5.15. The summed E-state index contributed by atoms with van der Waals surface area (Å²) in [6.07, 6.45) is 2.13. The van der Waals surface area contributed by atoms with Crippen molar-refractivity contribution in [2.24, 2.45) is 5.14 Å². The quantitative estimate of drug-likeness (QED) is 0.908. The summed E-state index contributed by atoms with van der Waals surface area (Å²) in [5.41, 5.74) is 3.26. The predicted molar refractivity (Wildman–Crippen MR) is 89.6 cm³/mol. The number of allylic oxidation sites excluding steroid dienone is 2. The Labute approximate surface area is 144 Å². The Morgan fingerprint density at radius 3 is 2.16 bits per heavy atom. The average molecular weight is 360 g/mol. The van der Waals surface area contributed by atoms with Crippen LogP contribution in [0.1, 0.15) is 36.0 Å². The number of halogens is 2. The number of benzene rings is 2. The number of primary sulfonamides is 1. The van der Waals surface area contributed by atoms with Gasteiger partial charge < -0.3 is 0 Å². The lowest BCUT2D eigenvalue weighted by Crippen LogP contribution is -2.16. The maximum atomic E-state index is 14.1. The van der Waals surface area contributed by atoms with Crippen molar-refractivity contribution < 1.29 is 17.2 Å². The lowest BCUT2D eigenvalue weighted by Gasteiger charge is -2.11. The molecule has 2 aromatic rings. The van der Waals surface area contributed by atoms with Gasteiger partial charge in [-0.1, -0.05) is 12.1 Å². The van der Waals surface area contributed by atoms with Crippen molar-refractivity contribution in [3.05, 3.63) is 64.7 Å². The number of nitrogens with two attached hydrogens (primary N) is 1. The number of nitriles is 1. The van der Waals surface area contributed by atoms with E-state index in [1.807, 2.05) is 6.07 Å². The van der Waals surface area contributed by atoms with Crippen LogP contribution in [0.5, 0.6) is 0 Å². The first-order valence-corrected chi connectivity index (χ1v) is 9.10. The summed E-state index contributed by atoms with van der Waals surface area (Å²) in [7, 11) is -4.48. The molecule has 25 heavy (non-hydrogen) atoms. The van der Waals surface area contributed by atoms with E-state index in [0.717, 1.165) is 35.3 Å². The van der Waals surface area contributed by atoms with Crippen molar-refractivity contribution in [3.63, 3.8) is 0 Å². The van der Waals surface area contributed by atoms with Crippen LogP contribution >= 0.6 is 0 Å². The summed E-state index contributed by atoms with van der Waals surface area (Å²) in [4.78, 5) is -1.12. The SMILES string of the molecule is N#Cc1cccc(C2=C(c3cc(F)c(S(N)(=O)=O)c(F)c3)CCC2)c1. The highest BCUT2D eigenvalue weighted by molar-refractivity contribution is 7.89. The third kappa shape index (κ3) is 3.31. The molecule has 0 spiro atoms. The van der Waals surface area contributed by atoms with Crippen LogP contribution < -0.4 is 5.14 Å². The molecule has 4 nitrogen and oxygen atoms in total. The van der Waals surface area contributed by atoms with Gasteiger partial charge in [0.1, 0.15) is 11.6 Å². The Balaban J connectivity index is 2.16. The molecule has 0 fully saturated rings. The number of hydrogen-bond donors (Lipinski definition) is 1. The maximum absolute atomic E-state index is 14.1. The van der Waals surface area contributed by atoms with Crippen LogP contribution in [0.4, 0.5) is 8.78 Å². The van der Waals surface area contributed by atoms with Crippen LogP contribution in [0.25, 0.3) is 11.1 Å². The molecule has 1 aliphatic rings. The monoisotopic (exact) mass is 360 g/mol. The zero-order valence-corrected chi connectivity index (χ0v) is 13.9. The molecule has 0 bridgehead atoms. The largest absolute Gasteiger partial charge is 0.243 e. The molecule has 7 heteroatoms. The van der Waals surface area contributed by atoms with Gasteiger partial charge in [-0.3, -0.25) is 0 Å². The highest BCUT2D eigenvalue weighted by atomic mass is 32.2. The van der Waals surface area contributed by atoms with Crippen molar-refractivity contribution >= 4 is 21.2 Å². The van der Waals surface area contributed by atoms with E-state index in [1.165, 1.54) is 0 Å². The molecule has 1 aliphatic carbocycles. The van der Waals surface area contributed by atoms with E-state index in [4.69, 9.17) is 10.4 Å². The number of nitrogens with zero attached hydrogens (tertiary/aromatic N) is 1. The van der Waals surface area contributed by atoms with Crippen molar-refractivity contribution in [1.29, 1.82) is 5.26 Å². The molecule has 2 N–H and O–H groups in total. The Bertz CT molecular complexity index is 1010. The summed E-state index contributed by atoms with van der Waals surface area (Å²) in [6, 6.07) is 11.1. The van der Waals surface area contributed by atoms with Gasteiger partial charge in [0.2, 0.25) is 10.0 Å². The van der Waals surface area contributed by atoms with Crippen LogP contribution in [-0.2, 0) is 10.0 Å². The average Bonchev–Trinajstić information content (AvgIpc) is 3.02. The second kappa shape index (κ2) is 6.39. The molecule has 0 saturated carbocycles. The number of rotatable bonds is 3. The summed E-state index contributed by atoms with van der Waals surface area (Å²) in [5, 5.41) is 13.9. The topological polar surface area (TPSA) is 83.9 Å². The van der Waals surface area contributed by atoms with E-state index in [2.05, 4.69) is 6.07 Å². The molecule has 3 rings (SSSR count). The zero-order chi connectivity index (χ0) is 18.2. The molecule has 0 unspecified atom stereocenters. The second-order valence-corrected chi connectivity index (χ2v) is 7.32. The minimum absolute atomic E-state index is 0.289. The van der Waals surface area contributed by atoms with Gasteiger partial charge in [0.15, 0.2) is 4.90 Å². The van der Waals surface area contributed by atoms with Gasteiger partial charge in [0.25, 0.3) is 0 Å². The Morgan fingerprint density at radius 2 is 1.60 bits per heavy atom. The smallest absolute Gasteiger partial charge is 0.224 e. The van der Waals surface area contributed by atoms with E-state index < -0.39 is 26.6 Å². The van der Waals surface area contributed by atoms with Gasteiger partial charge in [0, 0.05) is 0 Å². The van der Waals surface area contributed by atoms with Crippen molar-refractivity contribution in [2.75, 3.05) is 0 Å². The van der Waals surface area contributed by atoms with Gasteiger partial charge in [-0.15, -0.1) is 0 Å². The van der Waals surface area contributed by atoms with Crippen LogP contribution in [0.15, 0.2) is 41.3 Å². The van der Waals surface area contributed by atoms with Gasteiger partial charge in [-0.05, 0) is 65.8 Å². The third-order valence-electron chi connectivity index (χ3n) is 4.19. The maximum Gasteiger partial charge on any atom is 0.243 e. The fourth-order valence-electron chi connectivity index (χ4n) is 3.16. The van der Waals surface area contributed by atoms with E-state index in [0.29, 0.717) is 18.4 Å². The zero-order valence-electron chi connectivity index (χ0n) is 13.1. The van der Waals surface area contributed by atoms with E-state index in [-0.39, 0.29) is 5.56 Å².